The van der Waals surface area contributed by atoms with E-state index in [2.05, 4.69) is 28.2 Å². The maximum absolute atomic E-state index is 12.6. The summed E-state index contributed by atoms with van der Waals surface area (Å²) in [5, 5.41) is 2.98. The van der Waals surface area contributed by atoms with Crippen molar-refractivity contribution >= 4 is 39.1 Å². The van der Waals surface area contributed by atoms with Crippen molar-refractivity contribution in [2.24, 2.45) is 5.92 Å². The van der Waals surface area contributed by atoms with Gasteiger partial charge >= 0.3 is 0 Å². The molecule has 1 fully saturated rings. The SMILES string of the molecule is CCc1ccccc1NC(=O)C1CC(=O)N(c2ccc(Br)cc2)C1. The predicted molar refractivity (Wildman–Crippen MR) is 99.1 cm³/mol. The van der Waals surface area contributed by atoms with Gasteiger partial charge in [-0.1, -0.05) is 41.1 Å². The molecule has 1 heterocycles. The molecule has 0 bridgehead atoms. The van der Waals surface area contributed by atoms with E-state index in [1.165, 1.54) is 0 Å². The zero-order valence-electron chi connectivity index (χ0n) is 13.5. The molecule has 2 aromatic carbocycles. The lowest BCUT2D eigenvalue weighted by atomic mass is 10.1. The van der Waals surface area contributed by atoms with Crippen LogP contribution in [-0.2, 0) is 16.0 Å². The van der Waals surface area contributed by atoms with Gasteiger partial charge in [-0.2, -0.15) is 0 Å². The summed E-state index contributed by atoms with van der Waals surface area (Å²) in [6.45, 7) is 2.47. The van der Waals surface area contributed by atoms with Crippen LogP contribution in [0.1, 0.15) is 18.9 Å². The Bertz CT molecular complexity index is 758. The first-order valence-corrected chi connectivity index (χ1v) is 8.82. The normalized spacial score (nSPS) is 17.2. The second-order valence-corrected chi connectivity index (χ2v) is 6.80. The van der Waals surface area contributed by atoms with E-state index in [-0.39, 0.29) is 24.2 Å². The largest absolute Gasteiger partial charge is 0.326 e. The van der Waals surface area contributed by atoms with Crippen LogP contribution in [-0.4, -0.2) is 18.4 Å². The Morgan fingerprint density at radius 3 is 2.62 bits per heavy atom. The van der Waals surface area contributed by atoms with E-state index in [0.717, 1.165) is 27.8 Å². The number of hydrogen-bond donors (Lipinski definition) is 1. The fourth-order valence-corrected chi connectivity index (χ4v) is 3.20. The summed E-state index contributed by atoms with van der Waals surface area (Å²) in [7, 11) is 0. The topological polar surface area (TPSA) is 49.4 Å². The number of anilines is 2. The smallest absolute Gasteiger partial charge is 0.229 e. The van der Waals surface area contributed by atoms with E-state index < -0.39 is 0 Å². The van der Waals surface area contributed by atoms with Crippen LogP contribution in [0, 0.1) is 5.92 Å². The summed E-state index contributed by atoms with van der Waals surface area (Å²) in [6.07, 6.45) is 1.10. The number of amides is 2. The first-order valence-electron chi connectivity index (χ1n) is 8.03. The summed E-state index contributed by atoms with van der Waals surface area (Å²) in [6, 6.07) is 15.3. The minimum atomic E-state index is -0.328. The van der Waals surface area contributed by atoms with Crippen molar-refractivity contribution in [3.05, 3.63) is 58.6 Å². The monoisotopic (exact) mass is 386 g/mol. The standard InChI is InChI=1S/C19H19BrN2O2/c1-2-13-5-3-4-6-17(13)21-19(24)14-11-18(23)22(12-14)16-9-7-15(20)8-10-16/h3-10,14H,2,11-12H2,1H3,(H,21,24). The highest BCUT2D eigenvalue weighted by Crippen LogP contribution is 2.27. The number of carbonyl (C=O) groups excluding carboxylic acids is 2. The highest BCUT2D eigenvalue weighted by molar-refractivity contribution is 9.10. The van der Waals surface area contributed by atoms with Crippen LogP contribution in [0.2, 0.25) is 0 Å². The minimum Gasteiger partial charge on any atom is -0.326 e. The number of rotatable bonds is 4. The average molecular weight is 387 g/mol. The van der Waals surface area contributed by atoms with Gasteiger partial charge in [-0.3, -0.25) is 9.59 Å². The third kappa shape index (κ3) is 3.51. The molecule has 1 aliphatic heterocycles. The molecule has 3 rings (SSSR count). The molecular weight excluding hydrogens is 368 g/mol. The van der Waals surface area contributed by atoms with Crippen LogP contribution in [0.15, 0.2) is 53.0 Å². The van der Waals surface area contributed by atoms with E-state index in [0.29, 0.717) is 6.54 Å². The zero-order valence-corrected chi connectivity index (χ0v) is 15.0. The number of nitrogens with zero attached hydrogens (tertiary/aromatic N) is 1. The van der Waals surface area contributed by atoms with Crippen molar-refractivity contribution < 1.29 is 9.59 Å². The lowest BCUT2D eigenvalue weighted by molar-refractivity contribution is -0.122. The van der Waals surface area contributed by atoms with E-state index >= 15 is 0 Å². The van der Waals surface area contributed by atoms with Gasteiger partial charge in [0.15, 0.2) is 0 Å². The quantitative estimate of drug-likeness (QED) is 0.862. The minimum absolute atomic E-state index is 0.0127. The molecule has 2 amide bonds. The van der Waals surface area contributed by atoms with Crippen molar-refractivity contribution in [1.82, 2.24) is 0 Å². The summed E-state index contributed by atoms with van der Waals surface area (Å²) < 4.78 is 0.961. The average Bonchev–Trinajstić information content (AvgIpc) is 2.98. The first kappa shape index (κ1) is 16.7. The summed E-state index contributed by atoms with van der Waals surface area (Å²) in [5.74, 6) is -0.434. The number of carbonyl (C=O) groups is 2. The van der Waals surface area contributed by atoms with Crippen molar-refractivity contribution in [2.75, 3.05) is 16.8 Å². The summed E-state index contributed by atoms with van der Waals surface area (Å²) >= 11 is 3.39. The molecule has 1 atom stereocenters. The van der Waals surface area contributed by atoms with E-state index in [9.17, 15) is 9.59 Å². The molecule has 0 saturated carbocycles. The molecule has 0 aliphatic carbocycles. The number of benzene rings is 2. The van der Waals surface area contributed by atoms with Crippen molar-refractivity contribution in [3.8, 4) is 0 Å². The molecule has 1 saturated heterocycles. The molecule has 0 radical (unpaired) electrons. The van der Waals surface area contributed by atoms with Crippen LogP contribution in [0.4, 0.5) is 11.4 Å². The van der Waals surface area contributed by atoms with E-state index in [1.54, 1.807) is 4.90 Å². The number of hydrogen-bond acceptors (Lipinski definition) is 2. The lowest BCUT2D eigenvalue weighted by Crippen LogP contribution is -2.28. The van der Waals surface area contributed by atoms with Crippen LogP contribution in [0.25, 0.3) is 0 Å². The van der Waals surface area contributed by atoms with Gasteiger partial charge in [0.05, 0.1) is 5.92 Å². The van der Waals surface area contributed by atoms with Gasteiger partial charge < -0.3 is 10.2 Å². The zero-order chi connectivity index (χ0) is 17.1. The van der Waals surface area contributed by atoms with E-state index in [1.807, 2.05) is 48.5 Å². The molecule has 2 aromatic rings. The summed E-state index contributed by atoms with van der Waals surface area (Å²) in [5.41, 5.74) is 2.76. The molecule has 1 unspecified atom stereocenters. The maximum atomic E-state index is 12.6. The second kappa shape index (κ2) is 7.18. The Kier molecular flexibility index (Phi) is 5.00. The second-order valence-electron chi connectivity index (χ2n) is 5.88. The number of nitrogens with one attached hydrogen (secondary N) is 1. The molecule has 0 aromatic heterocycles. The lowest BCUT2D eigenvalue weighted by Gasteiger charge is -2.17. The fraction of sp³-hybridized carbons (Fsp3) is 0.263. The highest BCUT2D eigenvalue weighted by atomic mass is 79.9. The first-order chi connectivity index (χ1) is 11.6. The van der Waals surface area contributed by atoms with Crippen LogP contribution < -0.4 is 10.2 Å². The van der Waals surface area contributed by atoms with Gasteiger partial charge in [0.25, 0.3) is 0 Å². The molecule has 1 aliphatic rings. The fourth-order valence-electron chi connectivity index (χ4n) is 2.94. The Morgan fingerprint density at radius 1 is 1.21 bits per heavy atom. The third-order valence-corrected chi connectivity index (χ3v) is 4.82. The molecule has 4 nitrogen and oxygen atoms in total. The Hall–Kier alpha value is -2.14. The predicted octanol–water partition coefficient (Wildman–Crippen LogP) is 4.00. The Balaban J connectivity index is 1.71. The number of halogens is 1. The molecule has 1 N–H and O–H groups in total. The van der Waals surface area contributed by atoms with Crippen molar-refractivity contribution in [2.45, 2.75) is 19.8 Å². The molecule has 124 valence electrons. The molecule has 24 heavy (non-hydrogen) atoms. The van der Waals surface area contributed by atoms with E-state index in [4.69, 9.17) is 0 Å². The van der Waals surface area contributed by atoms with Gasteiger partial charge in [-0.25, -0.2) is 0 Å². The van der Waals surface area contributed by atoms with Crippen molar-refractivity contribution in [3.63, 3.8) is 0 Å². The highest BCUT2D eigenvalue weighted by Gasteiger charge is 2.35. The third-order valence-electron chi connectivity index (χ3n) is 4.29. The van der Waals surface area contributed by atoms with Gasteiger partial charge in [-0.15, -0.1) is 0 Å². The number of aryl methyl sites for hydroxylation is 1. The van der Waals surface area contributed by atoms with Gasteiger partial charge in [0.2, 0.25) is 11.8 Å². The molecular formula is C19H19BrN2O2. The Labute approximate surface area is 150 Å². The summed E-state index contributed by atoms with van der Waals surface area (Å²) in [4.78, 5) is 26.5. The molecule has 0 spiro atoms. The number of para-hydroxylation sites is 1. The maximum Gasteiger partial charge on any atom is 0.229 e. The van der Waals surface area contributed by atoms with Gasteiger partial charge in [0, 0.05) is 28.8 Å². The van der Waals surface area contributed by atoms with Crippen LogP contribution >= 0.6 is 15.9 Å². The van der Waals surface area contributed by atoms with Crippen LogP contribution in [0.3, 0.4) is 0 Å². The van der Waals surface area contributed by atoms with Gasteiger partial charge in [-0.05, 0) is 42.3 Å². The van der Waals surface area contributed by atoms with Gasteiger partial charge in [0.1, 0.15) is 0 Å². The van der Waals surface area contributed by atoms with Crippen molar-refractivity contribution in [1.29, 1.82) is 0 Å². The Morgan fingerprint density at radius 2 is 1.92 bits per heavy atom. The molecule has 5 heteroatoms. The van der Waals surface area contributed by atoms with Crippen LogP contribution in [0.5, 0.6) is 0 Å².